The Labute approximate surface area is 143 Å². The molecule has 1 amide bonds. The van der Waals surface area contributed by atoms with Gasteiger partial charge in [0.1, 0.15) is 12.4 Å². The average molecular weight is 342 g/mol. The lowest BCUT2D eigenvalue weighted by Crippen LogP contribution is -2.19. The Kier molecular flexibility index (Phi) is 4.52. The third-order valence-corrected chi connectivity index (χ3v) is 3.78. The van der Waals surface area contributed by atoms with Gasteiger partial charge in [0.2, 0.25) is 5.91 Å². The first-order chi connectivity index (χ1) is 11.5. The van der Waals surface area contributed by atoms with Gasteiger partial charge < -0.3 is 5.32 Å². The summed E-state index contributed by atoms with van der Waals surface area (Å²) in [5.74, 6) is -0.0299. The lowest BCUT2D eigenvalue weighted by atomic mass is 10.1. The summed E-state index contributed by atoms with van der Waals surface area (Å²) in [5, 5.41) is 9.64. The molecule has 0 fully saturated rings. The van der Waals surface area contributed by atoms with Gasteiger partial charge in [0.15, 0.2) is 10.6 Å². The van der Waals surface area contributed by atoms with Crippen LogP contribution in [0.3, 0.4) is 0 Å². The molecule has 0 saturated heterocycles. The van der Waals surface area contributed by atoms with Crippen molar-refractivity contribution in [2.24, 2.45) is 0 Å². The molecule has 0 saturated carbocycles. The summed E-state index contributed by atoms with van der Waals surface area (Å²) in [6.07, 6.45) is 0. The van der Waals surface area contributed by atoms with Gasteiger partial charge in [0.05, 0.1) is 0 Å². The molecule has 0 spiro atoms. The number of anilines is 1. The summed E-state index contributed by atoms with van der Waals surface area (Å²) in [4.78, 5) is 12.3. The third-order valence-electron chi connectivity index (χ3n) is 3.46. The van der Waals surface area contributed by atoms with Crippen molar-refractivity contribution in [1.29, 1.82) is 0 Å². The first-order valence-electron chi connectivity index (χ1n) is 7.30. The number of hydrogen-bond acceptors (Lipinski definition) is 3. The number of amides is 1. The molecule has 0 radical (unpaired) electrons. The summed E-state index contributed by atoms with van der Waals surface area (Å²) < 4.78 is 14.9. The zero-order valence-electron chi connectivity index (χ0n) is 12.9. The highest BCUT2D eigenvalue weighted by molar-refractivity contribution is 7.71. The Balaban J connectivity index is 1.82. The number of rotatable bonds is 4. The van der Waals surface area contributed by atoms with Crippen LogP contribution in [0.4, 0.5) is 10.1 Å². The van der Waals surface area contributed by atoms with Gasteiger partial charge in [-0.1, -0.05) is 23.8 Å². The Bertz CT molecular complexity index is 930. The molecule has 0 unspecified atom stereocenters. The zero-order chi connectivity index (χ0) is 17.1. The molecule has 24 heavy (non-hydrogen) atoms. The minimum absolute atomic E-state index is 0.00991. The predicted molar refractivity (Wildman–Crippen MR) is 92.6 cm³/mol. The number of aryl methyl sites for hydroxylation is 1. The number of aromatic amines is 1. The molecular formula is C17H15FN4OS. The fraction of sp³-hybridized carbons (Fsp3) is 0.118. The summed E-state index contributed by atoms with van der Waals surface area (Å²) in [7, 11) is 0. The van der Waals surface area contributed by atoms with Gasteiger partial charge in [-0.3, -0.25) is 14.5 Å². The van der Waals surface area contributed by atoms with Crippen LogP contribution in [-0.4, -0.2) is 20.7 Å². The number of nitrogens with zero attached hydrogens (tertiary/aromatic N) is 2. The van der Waals surface area contributed by atoms with Crippen molar-refractivity contribution >= 4 is 23.8 Å². The topological polar surface area (TPSA) is 62.7 Å². The van der Waals surface area contributed by atoms with E-state index in [2.05, 4.69) is 15.5 Å². The van der Waals surface area contributed by atoms with Gasteiger partial charge in [0, 0.05) is 11.3 Å². The molecule has 0 aliphatic heterocycles. The molecule has 2 aromatic carbocycles. The molecule has 3 aromatic rings. The van der Waals surface area contributed by atoms with Crippen LogP contribution in [0.1, 0.15) is 5.56 Å². The van der Waals surface area contributed by atoms with Gasteiger partial charge in [0.25, 0.3) is 0 Å². The highest BCUT2D eigenvalue weighted by atomic mass is 32.1. The van der Waals surface area contributed by atoms with Gasteiger partial charge in [-0.15, -0.1) is 0 Å². The first-order valence-corrected chi connectivity index (χ1v) is 7.71. The van der Waals surface area contributed by atoms with E-state index in [0.717, 1.165) is 11.1 Å². The summed E-state index contributed by atoms with van der Waals surface area (Å²) in [5.41, 5.74) is 2.48. The van der Waals surface area contributed by atoms with Crippen LogP contribution in [0.2, 0.25) is 0 Å². The molecule has 3 rings (SSSR count). The number of hydrogen-bond donors (Lipinski definition) is 2. The minimum Gasteiger partial charge on any atom is -0.325 e. The SMILES string of the molecule is Cc1cccc(-c2n[nH]c(=S)n2CC(=O)Nc2ccc(F)cc2)c1. The Morgan fingerprint density at radius 3 is 2.75 bits per heavy atom. The van der Waals surface area contributed by atoms with Gasteiger partial charge >= 0.3 is 0 Å². The van der Waals surface area contributed by atoms with Crippen molar-refractivity contribution in [1.82, 2.24) is 14.8 Å². The summed E-state index contributed by atoms with van der Waals surface area (Å²) in [6, 6.07) is 13.4. The van der Waals surface area contributed by atoms with Crippen LogP contribution in [0, 0.1) is 17.5 Å². The number of aromatic nitrogens is 3. The number of carbonyl (C=O) groups excluding carboxylic acids is 1. The normalized spacial score (nSPS) is 10.6. The van der Waals surface area contributed by atoms with Crippen LogP contribution in [0.5, 0.6) is 0 Å². The van der Waals surface area contributed by atoms with E-state index in [1.54, 1.807) is 4.57 Å². The molecule has 5 nitrogen and oxygen atoms in total. The van der Waals surface area contributed by atoms with E-state index in [0.29, 0.717) is 16.3 Å². The van der Waals surface area contributed by atoms with E-state index in [1.165, 1.54) is 24.3 Å². The smallest absolute Gasteiger partial charge is 0.244 e. The first kappa shape index (κ1) is 16.1. The van der Waals surface area contributed by atoms with Gasteiger partial charge in [-0.25, -0.2) is 4.39 Å². The lowest BCUT2D eigenvalue weighted by Gasteiger charge is -2.08. The number of benzene rings is 2. The predicted octanol–water partition coefficient (Wildman–Crippen LogP) is 3.69. The molecule has 0 aliphatic rings. The largest absolute Gasteiger partial charge is 0.325 e. The summed E-state index contributed by atoms with van der Waals surface area (Å²) in [6.45, 7) is 1.99. The highest BCUT2D eigenvalue weighted by Gasteiger charge is 2.12. The standard InChI is InChI=1S/C17H15FN4OS/c1-11-3-2-4-12(9-11)16-20-21-17(24)22(16)10-15(23)19-14-7-5-13(18)6-8-14/h2-9H,10H2,1H3,(H,19,23)(H,21,24). The third kappa shape index (κ3) is 3.57. The molecule has 2 N–H and O–H groups in total. The summed E-state index contributed by atoms with van der Waals surface area (Å²) >= 11 is 5.22. The van der Waals surface area contributed by atoms with Crippen LogP contribution >= 0.6 is 12.2 Å². The van der Waals surface area contributed by atoms with E-state index in [-0.39, 0.29) is 18.3 Å². The van der Waals surface area contributed by atoms with Crippen molar-refractivity contribution in [3.63, 3.8) is 0 Å². The maximum atomic E-state index is 12.9. The van der Waals surface area contributed by atoms with E-state index in [4.69, 9.17) is 12.2 Å². The van der Waals surface area contributed by atoms with Crippen molar-refractivity contribution in [3.05, 3.63) is 64.7 Å². The van der Waals surface area contributed by atoms with Crippen molar-refractivity contribution < 1.29 is 9.18 Å². The molecule has 0 atom stereocenters. The molecule has 122 valence electrons. The maximum absolute atomic E-state index is 12.9. The molecule has 7 heteroatoms. The number of halogens is 1. The zero-order valence-corrected chi connectivity index (χ0v) is 13.7. The highest BCUT2D eigenvalue weighted by Crippen LogP contribution is 2.18. The second kappa shape index (κ2) is 6.76. The van der Waals surface area contributed by atoms with Crippen molar-refractivity contribution in [3.8, 4) is 11.4 Å². The second-order valence-corrected chi connectivity index (χ2v) is 5.75. The quantitative estimate of drug-likeness (QED) is 0.711. The van der Waals surface area contributed by atoms with E-state index in [1.807, 2.05) is 31.2 Å². The fourth-order valence-electron chi connectivity index (χ4n) is 2.35. The maximum Gasteiger partial charge on any atom is 0.244 e. The second-order valence-electron chi connectivity index (χ2n) is 5.36. The Hall–Kier alpha value is -2.80. The average Bonchev–Trinajstić information content (AvgIpc) is 2.90. The van der Waals surface area contributed by atoms with Gasteiger partial charge in [-0.2, -0.15) is 5.10 Å². The molecular weight excluding hydrogens is 327 g/mol. The lowest BCUT2D eigenvalue weighted by molar-refractivity contribution is -0.116. The van der Waals surface area contributed by atoms with Crippen LogP contribution in [0.25, 0.3) is 11.4 Å². The Morgan fingerprint density at radius 1 is 1.29 bits per heavy atom. The number of H-pyrrole nitrogens is 1. The number of nitrogens with one attached hydrogen (secondary N) is 2. The molecule has 1 heterocycles. The van der Waals surface area contributed by atoms with E-state index >= 15 is 0 Å². The van der Waals surface area contributed by atoms with Gasteiger partial charge in [-0.05, 0) is 49.5 Å². The Morgan fingerprint density at radius 2 is 2.04 bits per heavy atom. The van der Waals surface area contributed by atoms with Crippen LogP contribution in [-0.2, 0) is 11.3 Å². The molecule has 1 aromatic heterocycles. The fourth-order valence-corrected chi connectivity index (χ4v) is 2.54. The number of carbonyl (C=O) groups is 1. The monoisotopic (exact) mass is 342 g/mol. The molecule has 0 aliphatic carbocycles. The van der Waals surface area contributed by atoms with Crippen molar-refractivity contribution in [2.45, 2.75) is 13.5 Å². The minimum atomic E-state index is -0.355. The van der Waals surface area contributed by atoms with Crippen molar-refractivity contribution in [2.75, 3.05) is 5.32 Å². The van der Waals surface area contributed by atoms with Crippen LogP contribution < -0.4 is 5.32 Å². The van der Waals surface area contributed by atoms with E-state index < -0.39 is 0 Å². The molecule has 0 bridgehead atoms. The van der Waals surface area contributed by atoms with Crippen LogP contribution in [0.15, 0.2) is 48.5 Å². The van der Waals surface area contributed by atoms with E-state index in [9.17, 15) is 9.18 Å².